The second-order valence-corrected chi connectivity index (χ2v) is 10.2. The average Bonchev–Trinajstić information content (AvgIpc) is 3.37. The molecule has 0 saturated heterocycles. The van der Waals surface area contributed by atoms with Crippen LogP contribution < -0.4 is 4.57 Å². The average molecular weight is 454 g/mol. The Labute approximate surface area is 205 Å². The van der Waals surface area contributed by atoms with Crippen LogP contribution in [-0.2, 0) is 6.42 Å². The lowest BCUT2D eigenvalue weighted by Gasteiger charge is -2.25. The largest absolute Gasteiger partial charge is 0.250 e. The van der Waals surface area contributed by atoms with Crippen LogP contribution in [0.15, 0.2) is 49.1 Å². The lowest BCUT2D eigenvalue weighted by Crippen LogP contribution is -2.42. The fourth-order valence-electron chi connectivity index (χ4n) is 5.32. The maximum atomic E-state index is 3.29. The van der Waals surface area contributed by atoms with Crippen LogP contribution in [0.5, 0.6) is 0 Å². The molecule has 0 aliphatic rings. The van der Waals surface area contributed by atoms with E-state index in [9.17, 15) is 0 Å². The summed E-state index contributed by atoms with van der Waals surface area (Å²) < 4.78 is 2.45. The Kier molecular flexibility index (Phi) is 15.8. The van der Waals surface area contributed by atoms with Crippen LogP contribution in [-0.4, -0.2) is 4.98 Å². The van der Waals surface area contributed by atoms with Gasteiger partial charge in [-0.3, -0.25) is 4.98 Å². The lowest BCUT2D eigenvalue weighted by molar-refractivity contribution is -0.730. The normalized spacial score (nSPS) is 13.3. The standard InChI is InChI=1S/C31H52N2/c1-3-5-7-8-9-10-11-12-13-14-15-16-20-23-30(27-29-21-18-17-19-22-29)31(24-6-4-2)33-26-25-32-28-33/h17-19,21-22,25-26,28,30-31H,3-16,20,23-24,27H2,1-2H3/p+1. The van der Waals surface area contributed by atoms with Crippen molar-refractivity contribution < 1.29 is 4.57 Å². The third-order valence-corrected chi connectivity index (χ3v) is 7.37. The molecule has 0 fully saturated rings. The molecule has 0 aliphatic heterocycles. The van der Waals surface area contributed by atoms with Gasteiger partial charge in [-0.15, -0.1) is 0 Å². The lowest BCUT2D eigenvalue weighted by atomic mass is 9.84. The molecule has 186 valence electrons. The van der Waals surface area contributed by atoms with Crippen LogP contribution >= 0.6 is 0 Å². The molecule has 1 aromatic carbocycles. The van der Waals surface area contributed by atoms with E-state index in [-0.39, 0.29) is 0 Å². The number of imidazole rings is 1. The highest BCUT2D eigenvalue weighted by Gasteiger charge is 2.26. The van der Waals surface area contributed by atoms with Gasteiger partial charge < -0.3 is 0 Å². The number of hydrogen-bond donors (Lipinski definition) is 1. The van der Waals surface area contributed by atoms with Crippen molar-refractivity contribution in [2.24, 2.45) is 5.92 Å². The predicted molar refractivity (Wildman–Crippen MR) is 143 cm³/mol. The van der Waals surface area contributed by atoms with E-state index >= 15 is 0 Å². The van der Waals surface area contributed by atoms with Gasteiger partial charge in [-0.1, -0.05) is 134 Å². The summed E-state index contributed by atoms with van der Waals surface area (Å²) >= 11 is 0. The molecule has 0 spiro atoms. The van der Waals surface area contributed by atoms with Crippen LogP contribution in [0.2, 0.25) is 0 Å². The summed E-state index contributed by atoms with van der Waals surface area (Å²) in [5, 5.41) is 0. The molecule has 1 heterocycles. The van der Waals surface area contributed by atoms with Crippen molar-refractivity contribution in [3.8, 4) is 0 Å². The van der Waals surface area contributed by atoms with E-state index in [1.165, 1.54) is 121 Å². The van der Waals surface area contributed by atoms with Gasteiger partial charge in [0, 0.05) is 5.92 Å². The Morgan fingerprint density at radius 3 is 1.79 bits per heavy atom. The molecule has 0 amide bonds. The van der Waals surface area contributed by atoms with Gasteiger partial charge in [0.15, 0.2) is 0 Å². The molecular weight excluding hydrogens is 400 g/mol. The molecule has 0 radical (unpaired) electrons. The maximum absolute atomic E-state index is 3.29. The number of benzene rings is 1. The zero-order chi connectivity index (χ0) is 23.4. The van der Waals surface area contributed by atoms with Gasteiger partial charge in [0.25, 0.3) is 0 Å². The van der Waals surface area contributed by atoms with Crippen LogP contribution in [0.3, 0.4) is 0 Å². The summed E-state index contributed by atoms with van der Waals surface area (Å²) in [6.45, 7) is 4.62. The Morgan fingerprint density at radius 2 is 1.24 bits per heavy atom. The van der Waals surface area contributed by atoms with Crippen LogP contribution in [0.4, 0.5) is 0 Å². The predicted octanol–water partition coefficient (Wildman–Crippen LogP) is 9.37. The quantitative estimate of drug-likeness (QED) is 0.143. The number of nitrogens with one attached hydrogen (secondary N) is 1. The van der Waals surface area contributed by atoms with Crippen molar-refractivity contribution in [2.45, 2.75) is 135 Å². The van der Waals surface area contributed by atoms with Crippen molar-refractivity contribution in [3.05, 3.63) is 54.6 Å². The number of hydrogen-bond acceptors (Lipinski definition) is 0. The Morgan fingerprint density at radius 1 is 0.667 bits per heavy atom. The van der Waals surface area contributed by atoms with Gasteiger partial charge in [-0.2, -0.15) is 0 Å². The first kappa shape index (κ1) is 27.7. The highest BCUT2D eigenvalue weighted by molar-refractivity contribution is 5.15. The van der Waals surface area contributed by atoms with Gasteiger partial charge >= 0.3 is 0 Å². The molecule has 2 nitrogen and oxygen atoms in total. The summed E-state index contributed by atoms with van der Waals surface area (Å²) in [5.74, 6) is 0.715. The first-order valence-electron chi connectivity index (χ1n) is 14.4. The summed E-state index contributed by atoms with van der Waals surface area (Å²) in [6.07, 6.45) is 31.5. The topological polar surface area (TPSA) is 19.7 Å². The van der Waals surface area contributed by atoms with Crippen LogP contribution in [0.25, 0.3) is 0 Å². The zero-order valence-corrected chi connectivity index (χ0v) is 21.9. The monoisotopic (exact) mass is 453 g/mol. The fourth-order valence-corrected chi connectivity index (χ4v) is 5.32. The van der Waals surface area contributed by atoms with Crippen molar-refractivity contribution in [1.29, 1.82) is 0 Å². The molecule has 0 saturated carbocycles. The van der Waals surface area contributed by atoms with Gasteiger partial charge in [-0.25, -0.2) is 4.57 Å². The summed E-state index contributed by atoms with van der Waals surface area (Å²) in [5.41, 5.74) is 1.50. The molecular formula is C31H53N2+. The van der Waals surface area contributed by atoms with Gasteiger partial charge in [0.2, 0.25) is 6.33 Å². The molecule has 1 N–H and O–H groups in total. The molecule has 0 bridgehead atoms. The Hall–Kier alpha value is -1.57. The van der Waals surface area contributed by atoms with Gasteiger partial charge in [0.05, 0.1) is 0 Å². The third-order valence-electron chi connectivity index (χ3n) is 7.37. The van der Waals surface area contributed by atoms with E-state index in [1.807, 2.05) is 0 Å². The molecule has 33 heavy (non-hydrogen) atoms. The molecule has 2 aromatic rings. The number of aromatic nitrogens is 2. The Balaban J connectivity index is 1.70. The minimum Gasteiger partial charge on any atom is -0.250 e. The molecule has 2 rings (SSSR count). The van der Waals surface area contributed by atoms with E-state index in [4.69, 9.17) is 0 Å². The number of aromatic amines is 1. The van der Waals surface area contributed by atoms with E-state index < -0.39 is 0 Å². The third kappa shape index (κ3) is 12.5. The SMILES string of the molecule is CCCCCCCCCCCCCCCC(Cc1ccccc1)C(CCCC)[n+]1cc[nH]c1. The van der Waals surface area contributed by atoms with Crippen LogP contribution in [0, 0.1) is 5.92 Å². The molecule has 2 atom stereocenters. The second-order valence-electron chi connectivity index (χ2n) is 10.2. The summed E-state index contributed by atoms with van der Waals surface area (Å²) in [6, 6.07) is 11.8. The van der Waals surface area contributed by atoms with E-state index in [0.29, 0.717) is 12.0 Å². The van der Waals surface area contributed by atoms with Crippen molar-refractivity contribution in [2.75, 3.05) is 0 Å². The fraction of sp³-hybridized carbons (Fsp3) is 0.710. The highest BCUT2D eigenvalue weighted by Crippen LogP contribution is 2.28. The summed E-state index contributed by atoms with van der Waals surface area (Å²) in [7, 11) is 0. The van der Waals surface area contributed by atoms with Crippen molar-refractivity contribution in [1.82, 2.24) is 4.98 Å². The summed E-state index contributed by atoms with van der Waals surface area (Å²) in [4.78, 5) is 3.29. The van der Waals surface area contributed by atoms with E-state index in [0.717, 1.165) is 0 Å². The Bertz CT molecular complexity index is 649. The van der Waals surface area contributed by atoms with E-state index in [2.05, 4.69) is 72.5 Å². The van der Waals surface area contributed by atoms with Crippen molar-refractivity contribution >= 4 is 0 Å². The van der Waals surface area contributed by atoms with Crippen LogP contribution in [0.1, 0.15) is 135 Å². The molecule has 0 aliphatic carbocycles. The first-order valence-corrected chi connectivity index (χ1v) is 14.4. The van der Waals surface area contributed by atoms with Gasteiger partial charge in [0.1, 0.15) is 18.4 Å². The first-order chi connectivity index (χ1) is 16.3. The maximum Gasteiger partial charge on any atom is 0.241 e. The molecule has 1 aromatic heterocycles. The minimum absolute atomic E-state index is 0.605. The number of nitrogens with zero attached hydrogens (tertiary/aromatic N) is 1. The minimum atomic E-state index is 0.605. The zero-order valence-electron chi connectivity index (χ0n) is 21.9. The van der Waals surface area contributed by atoms with Gasteiger partial charge in [-0.05, 0) is 31.2 Å². The second kappa shape index (κ2) is 18.8. The number of unbranched alkanes of at least 4 members (excludes halogenated alkanes) is 13. The van der Waals surface area contributed by atoms with E-state index in [1.54, 1.807) is 0 Å². The highest BCUT2D eigenvalue weighted by atomic mass is 15.1. The number of rotatable bonds is 21. The smallest absolute Gasteiger partial charge is 0.241 e. The molecule has 2 heteroatoms. The number of H-pyrrole nitrogens is 1. The van der Waals surface area contributed by atoms with Crippen molar-refractivity contribution in [3.63, 3.8) is 0 Å². The molecule has 2 unspecified atom stereocenters.